The van der Waals surface area contributed by atoms with Crippen molar-refractivity contribution >= 4 is 27.3 Å². The van der Waals surface area contributed by atoms with Crippen LogP contribution in [0.5, 0.6) is 17.2 Å². The molecule has 0 saturated carbocycles. The summed E-state index contributed by atoms with van der Waals surface area (Å²) in [6.07, 6.45) is 0. The highest BCUT2D eigenvalue weighted by Crippen LogP contribution is 2.35. The van der Waals surface area contributed by atoms with E-state index in [1.165, 1.54) is 12.1 Å². The van der Waals surface area contributed by atoms with Gasteiger partial charge in [0, 0.05) is 5.02 Å². The van der Waals surface area contributed by atoms with Gasteiger partial charge in [-0.2, -0.15) is 0 Å². The summed E-state index contributed by atoms with van der Waals surface area (Å²) in [6, 6.07) is 18.7. The van der Waals surface area contributed by atoms with Crippen molar-refractivity contribution < 1.29 is 17.9 Å². The topological polar surface area (TPSA) is 64.6 Å². The second-order valence-electron chi connectivity index (χ2n) is 6.72. The molecule has 0 aliphatic heterocycles. The first-order chi connectivity index (χ1) is 13.8. The summed E-state index contributed by atoms with van der Waals surface area (Å²) in [7, 11) is -2.31. The molecule has 0 aliphatic rings. The number of ether oxygens (including phenoxy) is 2. The van der Waals surface area contributed by atoms with Crippen LogP contribution in [0.3, 0.4) is 0 Å². The van der Waals surface area contributed by atoms with Crippen LogP contribution >= 0.6 is 11.6 Å². The molecule has 0 heterocycles. The van der Waals surface area contributed by atoms with Crippen molar-refractivity contribution in [3.63, 3.8) is 0 Å². The summed E-state index contributed by atoms with van der Waals surface area (Å²) in [5.41, 5.74) is 1.06. The highest BCUT2D eigenvalue weighted by atomic mass is 35.5. The minimum absolute atomic E-state index is 0.100. The van der Waals surface area contributed by atoms with Crippen molar-refractivity contribution in [2.75, 3.05) is 11.8 Å². The van der Waals surface area contributed by atoms with Crippen molar-refractivity contribution in [3.05, 3.63) is 77.3 Å². The maximum Gasteiger partial charge on any atom is 0.262 e. The molecule has 3 aromatic rings. The standard InChI is InChI=1S/C22H22ClNO4S/c1-15(2)19-14-18(10-12-21(19)27-3)29(25,26)24-20-13-16(23)9-11-22(20)28-17-7-5-4-6-8-17/h4-15,24H,1-3H3. The predicted molar refractivity (Wildman–Crippen MR) is 116 cm³/mol. The number of nitrogens with one attached hydrogen (secondary N) is 1. The number of methoxy groups -OCH3 is 1. The summed E-state index contributed by atoms with van der Waals surface area (Å²) >= 11 is 6.09. The first-order valence-electron chi connectivity index (χ1n) is 9.03. The van der Waals surface area contributed by atoms with Crippen molar-refractivity contribution in [3.8, 4) is 17.2 Å². The van der Waals surface area contributed by atoms with Gasteiger partial charge in [0.2, 0.25) is 0 Å². The third kappa shape index (κ3) is 5.02. The van der Waals surface area contributed by atoms with Gasteiger partial charge in [-0.05, 0) is 60.0 Å². The summed E-state index contributed by atoms with van der Waals surface area (Å²) in [6.45, 7) is 3.95. The average molecular weight is 432 g/mol. The Hall–Kier alpha value is -2.70. The molecular weight excluding hydrogens is 410 g/mol. The summed E-state index contributed by atoms with van der Waals surface area (Å²) < 4.78 is 39.9. The zero-order chi connectivity index (χ0) is 21.0. The van der Waals surface area contributed by atoms with Gasteiger partial charge in [0.1, 0.15) is 11.5 Å². The number of hydrogen-bond donors (Lipinski definition) is 1. The lowest BCUT2D eigenvalue weighted by Crippen LogP contribution is -2.14. The molecule has 0 saturated heterocycles. The van der Waals surface area contributed by atoms with Crippen LogP contribution in [-0.2, 0) is 10.0 Å². The molecule has 5 nitrogen and oxygen atoms in total. The monoisotopic (exact) mass is 431 g/mol. The number of benzene rings is 3. The number of rotatable bonds is 7. The van der Waals surface area contributed by atoms with Gasteiger partial charge >= 0.3 is 0 Å². The second-order valence-corrected chi connectivity index (χ2v) is 8.84. The number of para-hydroxylation sites is 1. The van der Waals surface area contributed by atoms with E-state index in [4.69, 9.17) is 21.1 Å². The molecule has 29 heavy (non-hydrogen) atoms. The van der Waals surface area contributed by atoms with Crippen LogP contribution in [-0.4, -0.2) is 15.5 Å². The van der Waals surface area contributed by atoms with Crippen molar-refractivity contribution in [1.82, 2.24) is 0 Å². The summed E-state index contributed by atoms with van der Waals surface area (Å²) in [4.78, 5) is 0.132. The van der Waals surface area contributed by atoms with Crippen LogP contribution in [0.15, 0.2) is 71.6 Å². The molecular formula is C22H22ClNO4S. The lowest BCUT2D eigenvalue weighted by atomic mass is 10.0. The highest BCUT2D eigenvalue weighted by Gasteiger charge is 2.20. The lowest BCUT2D eigenvalue weighted by molar-refractivity contribution is 0.407. The molecule has 7 heteroatoms. The molecule has 0 bridgehead atoms. The van der Waals surface area contributed by atoms with Crippen LogP contribution in [0, 0.1) is 0 Å². The molecule has 0 radical (unpaired) electrons. The number of hydrogen-bond acceptors (Lipinski definition) is 4. The number of anilines is 1. The van der Waals surface area contributed by atoms with E-state index in [2.05, 4.69) is 4.72 Å². The maximum absolute atomic E-state index is 13.0. The van der Waals surface area contributed by atoms with E-state index in [0.29, 0.717) is 22.3 Å². The normalized spacial score (nSPS) is 11.3. The Bertz CT molecular complexity index is 1100. The Morgan fingerprint density at radius 1 is 0.931 bits per heavy atom. The molecule has 0 spiro atoms. The van der Waals surface area contributed by atoms with Gasteiger partial charge < -0.3 is 9.47 Å². The minimum Gasteiger partial charge on any atom is -0.496 e. The van der Waals surface area contributed by atoms with E-state index < -0.39 is 10.0 Å². The van der Waals surface area contributed by atoms with Gasteiger partial charge in [0.05, 0.1) is 17.7 Å². The number of sulfonamides is 1. The van der Waals surface area contributed by atoms with Gasteiger partial charge in [-0.1, -0.05) is 43.6 Å². The Balaban J connectivity index is 1.96. The smallest absolute Gasteiger partial charge is 0.262 e. The van der Waals surface area contributed by atoms with E-state index in [0.717, 1.165) is 5.56 Å². The first kappa shape index (κ1) is 21.0. The lowest BCUT2D eigenvalue weighted by Gasteiger charge is -2.16. The molecule has 0 aromatic heterocycles. The Morgan fingerprint density at radius 3 is 2.28 bits per heavy atom. The average Bonchev–Trinajstić information content (AvgIpc) is 2.70. The van der Waals surface area contributed by atoms with Crippen molar-refractivity contribution in [2.24, 2.45) is 0 Å². The van der Waals surface area contributed by atoms with Gasteiger partial charge in [-0.25, -0.2) is 8.42 Å². The predicted octanol–water partition coefficient (Wildman–Crippen LogP) is 6.07. The summed E-state index contributed by atoms with van der Waals surface area (Å²) in [5, 5.41) is 0.390. The third-order valence-electron chi connectivity index (χ3n) is 4.29. The van der Waals surface area contributed by atoms with Gasteiger partial charge in [-0.3, -0.25) is 4.72 Å². The molecule has 0 amide bonds. The number of halogens is 1. The van der Waals surface area contributed by atoms with E-state index >= 15 is 0 Å². The van der Waals surface area contributed by atoms with E-state index in [-0.39, 0.29) is 16.5 Å². The first-order valence-corrected chi connectivity index (χ1v) is 10.9. The Morgan fingerprint density at radius 2 is 1.62 bits per heavy atom. The quantitative estimate of drug-likeness (QED) is 0.493. The van der Waals surface area contributed by atoms with Crippen LogP contribution in [0.4, 0.5) is 5.69 Å². The molecule has 0 aliphatic carbocycles. The molecule has 0 unspecified atom stereocenters. The fraction of sp³-hybridized carbons (Fsp3) is 0.182. The fourth-order valence-electron chi connectivity index (χ4n) is 2.82. The molecule has 0 fully saturated rings. The molecule has 1 N–H and O–H groups in total. The molecule has 3 aromatic carbocycles. The van der Waals surface area contributed by atoms with Crippen molar-refractivity contribution in [1.29, 1.82) is 0 Å². The largest absolute Gasteiger partial charge is 0.496 e. The molecule has 0 atom stereocenters. The third-order valence-corrected chi connectivity index (χ3v) is 5.89. The zero-order valence-electron chi connectivity index (χ0n) is 16.3. The Kier molecular flexibility index (Phi) is 6.35. The van der Waals surface area contributed by atoms with Gasteiger partial charge in [0.25, 0.3) is 10.0 Å². The second kappa shape index (κ2) is 8.76. The molecule has 3 rings (SSSR count). The van der Waals surface area contributed by atoms with Gasteiger partial charge in [-0.15, -0.1) is 0 Å². The van der Waals surface area contributed by atoms with E-state index in [1.807, 2.05) is 32.0 Å². The fourth-order valence-corrected chi connectivity index (χ4v) is 4.09. The van der Waals surface area contributed by atoms with Gasteiger partial charge in [0.15, 0.2) is 5.75 Å². The highest BCUT2D eigenvalue weighted by molar-refractivity contribution is 7.92. The van der Waals surface area contributed by atoms with Crippen LogP contribution in [0.2, 0.25) is 5.02 Å². The van der Waals surface area contributed by atoms with E-state index in [1.54, 1.807) is 43.5 Å². The minimum atomic E-state index is -3.87. The zero-order valence-corrected chi connectivity index (χ0v) is 17.9. The summed E-state index contributed by atoms with van der Waals surface area (Å²) in [5.74, 6) is 1.68. The van der Waals surface area contributed by atoms with Crippen molar-refractivity contribution in [2.45, 2.75) is 24.7 Å². The van der Waals surface area contributed by atoms with Crippen LogP contribution in [0.1, 0.15) is 25.3 Å². The van der Waals surface area contributed by atoms with Crippen LogP contribution in [0.25, 0.3) is 0 Å². The SMILES string of the molecule is COc1ccc(S(=O)(=O)Nc2cc(Cl)ccc2Oc2ccccc2)cc1C(C)C. The molecule has 152 valence electrons. The van der Waals surface area contributed by atoms with Crippen LogP contribution < -0.4 is 14.2 Å². The van der Waals surface area contributed by atoms with E-state index in [9.17, 15) is 8.42 Å². The Labute approximate surface area is 176 Å². The maximum atomic E-state index is 13.0.